The summed E-state index contributed by atoms with van der Waals surface area (Å²) in [6.45, 7) is 5.11. The summed E-state index contributed by atoms with van der Waals surface area (Å²) in [5.41, 5.74) is 2.21. The molecule has 1 atom stereocenters. The number of fused-ring (bicyclic) bond motifs is 1. The second kappa shape index (κ2) is 6.87. The molecule has 0 fully saturated rings. The molecular weight excluding hydrogens is 280 g/mol. The van der Waals surface area contributed by atoms with Gasteiger partial charge in [-0.05, 0) is 34.9 Å². The van der Waals surface area contributed by atoms with Gasteiger partial charge in [0.15, 0.2) is 0 Å². The van der Waals surface area contributed by atoms with Crippen molar-refractivity contribution in [3.05, 3.63) is 28.3 Å². The van der Waals surface area contributed by atoms with Gasteiger partial charge in [0.2, 0.25) is 0 Å². The fourth-order valence-electron chi connectivity index (χ4n) is 2.25. The highest BCUT2D eigenvalue weighted by atomic mass is 35.5. The van der Waals surface area contributed by atoms with E-state index in [-0.39, 0.29) is 6.10 Å². The van der Waals surface area contributed by atoms with Gasteiger partial charge in [-0.15, -0.1) is 0 Å². The molecule has 1 aliphatic rings. The highest BCUT2D eigenvalue weighted by molar-refractivity contribution is 7.99. The van der Waals surface area contributed by atoms with Crippen molar-refractivity contribution in [2.45, 2.75) is 32.8 Å². The van der Waals surface area contributed by atoms with Crippen molar-refractivity contribution in [3.63, 3.8) is 0 Å². The molecule has 0 saturated carbocycles. The van der Waals surface area contributed by atoms with E-state index >= 15 is 0 Å². The largest absolute Gasteiger partial charge is 0.493 e. The number of benzene rings is 1. The molecule has 2 nitrogen and oxygen atoms in total. The number of aliphatic hydroxyl groups excluding tert-OH is 1. The molecular formula is C15H21ClO2S. The van der Waals surface area contributed by atoms with E-state index in [0.29, 0.717) is 12.3 Å². The Labute approximate surface area is 124 Å². The summed E-state index contributed by atoms with van der Waals surface area (Å²) in [6.07, 6.45) is 1.20. The molecule has 1 aromatic carbocycles. The van der Waals surface area contributed by atoms with Crippen LogP contribution >= 0.6 is 23.4 Å². The summed E-state index contributed by atoms with van der Waals surface area (Å²) >= 11 is 7.92. The van der Waals surface area contributed by atoms with Crippen molar-refractivity contribution < 1.29 is 9.84 Å². The molecule has 106 valence electrons. The van der Waals surface area contributed by atoms with Gasteiger partial charge >= 0.3 is 0 Å². The van der Waals surface area contributed by atoms with E-state index in [2.05, 4.69) is 13.8 Å². The van der Waals surface area contributed by atoms with E-state index in [1.165, 1.54) is 5.56 Å². The van der Waals surface area contributed by atoms with Crippen LogP contribution in [0.5, 0.6) is 5.75 Å². The third-order valence-corrected chi connectivity index (χ3v) is 4.78. The molecule has 2 rings (SSSR count). The van der Waals surface area contributed by atoms with Gasteiger partial charge in [-0.25, -0.2) is 0 Å². The van der Waals surface area contributed by atoms with Crippen molar-refractivity contribution in [2.75, 3.05) is 18.1 Å². The number of halogens is 1. The first-order valence-corrected chi connectivity index (χ1v) is 8.29. The number of hydrogen-bond acceptors (Lipinski definition) is 3. The van der Waals surface area contributed by atoms with Crippen LogP contribution in [0.4, 0.5) is 0 Å². The standard InChI is InChI=1S/C15H21ClO2S/c1-10(2)8-19-9-14(17)7-12-6-13(16)5-11-3-4-18-15(11)12/h5-6,10,14,17H,3-4,7-9H2,1-2H3. The number of aliphatic hydroxyl groups is 1. The van der Waals surface area contributed by atoms with E-state index in [1.54, 1.807) is 11.8 Å². The highest BCUT2D eigenvalue weighted by Gasteiger charge is 2.19. The van der Waals surface area contributed by atoms with Gasteiger partial charge in [0.1, 0.15) is 5.75 Å². The molecule has 0 bridgehead atoms. The second-order valence-electron chi connectivity index (χ2n) is 5.44. The minimum absolute atomic E-state index is 0.337. The Morgan fingerprint density at radius 1 is 1.37 bits per heavy atom. The van der Waals surface area contributed by atoms with E-state index in [0.717, 1.165) is 40.9 Å². The molecule has 1 unspecified atom stereocenters. The zero-order valence-electron chi connectivity index (χ0n) is 11.5. The van der Waals surface area contributed by atoms with Crippen LogP contribution in [-0.4, -0.2) is 29.3 Å². The average Bonchev–Trinajstić information content (AvgIpc) is 2.76. The lowest BCUT2D eigenvalue weighted by Gasteiger charge is -2.14. The lowest BCUT2D eigenvalue weighted by atomic mass is 10.0. The predicted molar refractivity (Wildman–Crippen MR) is 82.5 cm³/mol. The van der Waals surface area contributed by atoms with Crippen molar-refractivity contribution in [2.24, 2.45) is 5.92 Å². The molecule has 0 radical (unpaired) electrons. The molecule has 19 heavy (non-hydrogen) atoms. The van der Waals surface area contributed by atoms with Gasteiger partial charge < -0.3 is 9.84 Å². The maximum Gasteiger partial charge on any atom is 0.126 e. The number of hydrogen-bond donors (Lipinski definition) is 1. The van der Waals surface area contributed by atoms with Crippen LogP contribution in [0.3, 0.4) is 0 Å². The fraction of sp³-hybridized carbons (Fsp3) is 0.600. The molecule has 0 amide bonds. The fourth-order valence-corrected chi connectivity index (χ4v) is 3.51. The highest BCUT2D eigenvalue weighted by Crippen LogP contribution is 2.33. The molecule has 1 N–H and O–H groups in total. The van der Waals surface area contributed by atoms with E-state index < -0.39 is 0 Å². The van der Waals surface area contributed by atoms with Gasteiger partial charge in [0, 0.05) is 23.6 Å². The average molecular weight is 301 g/mol. The first-order chi connectivity index (χ1) is 9.06. The maximum absolute atomic E-state index is 10.1. The molecule has 0 aliphatic carbocycles. The van der Waals surface area contributed by atoms with Crippen LogP contribution in [-0.2, 0) is 12.8 Å². The van der Waals surface area contributed by atoms with Crippen molar-refractivity contribution in [1.29, 1.82) is 0 Å². The monoisotopic (exact) mass is 300 g/mol. The Bertz CT molecular complexity index is 434. The SMILES string of the molecule is CC(C)CSCC(O)Cc1cc(Cl)cc2c1OCC2. The number of thioether (sulfide) groups is 1. The summed E-state index contributed by atoms with van der Waals surface area (Å²) in [5.74, 6) is 3.45. The Morgan fingerprint density at radius 2 is 2.16 bits per heavy atom. The van der Waals surface area contributed by atoms with Crippen molar-refractivity contribution in [3.8, 4) is 5.75 Å². The van der Waals surface area contributed by atoms with E-state index in [9.17, 15) is 5.11 Å². The number of rotatable bonds is 6. The predicted octanol–water partition coefficient (Wildman–Crippen LogP) is 3.57. The van der Waals surface area contributed by atoms with Gasteiger partial charge in [-0.1, -0.05) is 25.4 Å². The Kier molecular flexibility index (Phi) is 5.43. The molecule has 0 spiro atoms. The normalized spacial score (nSPS) is 15.4. The topological polar surface area (TPSA) is 29.5 Å². The Balaban J connectivity index is 1.95. The summed E-state index contributed by atoms with van der Waals surface area (Å²) in [6, 6.07) is 3.88. The Morgan fingerprint density at radius 3 is 2.89 bits per heavy atom. The summed E-state index contributed by atoms with van der Waals surface area (Å²) in [4.78, 5) is 0. The zero-order chi connectivity index (χ0) is 13.8. The third kappa shape index (κ3) is 4.30. The van der Waals surface area contributed by atoms with Gasteiger partial charge in [0.05, 0.1) is 12.7 Å². The van der Waals surface area contributed by atoms with Crippen LogP contribution in [0, 0.1) is 5.92 Å². The Hall–Kier alpha value is -0.380. The molecule has 4 heteroatoms. The van der Waals surface area contributed by atoms with Crippen LogP contribution in [0.15, 0.2) is 12.1 Å². The quantitative estimate of drug-likeness (QED) is 0.871. The number of ether oxygens (including phenoxy) is 1. The minimum Gasteiger partial charge on any atom is -0.493 e. The smallest absolute Gasteiger partial charge is 0.126 e. The summed E-state index contributed by atoms with van der Waals surface area (Å²) < 4.78 is 5.65. The van der Waals surface area contributed by atoms with Crippen LogP contribution in [0.25, 0.3) is 0 Å². The van der Waals surface area contributed by atoms with Gasteiger partial charge in [-0.3, -0.25) is 0 Å². The first kappa shape index (κ1) is 15.0. The summed E-state index contributed by atoms with van der Waals surface area (Å²) in [5, 5.41) is 10.9. The van der Waals surface area contributed by atoms with Crippen LogP contribution in [0.1, 0.15) is 25.0 Å². The minimum atomic E-state index is -0.337. The van der Waals surface area contributed by atoms with Gasteiger partial charge in [-0.2, -0.15) is 11.8 Å². The van der Waals surface area contributed by atoms with Crippen LogP contribution < -0.4 is 4.74 Å². The van der Waals surface area contributed by atoms with Crippen LogP contribution in [0.2, 0.25) is 5.02 Å². The first-order valence-electron chi connectivity index (χ1n) is 6.76. The molecule has 1 aromatic rings. The zero-order valence-corrected chi connectivity index (χ0v) is 13.1. The lowest BCUT2D eigenvalue weighted by Crippen LogP contribution is -2.15. The maximum atomic E-state index is 10.1. The van der Waals surface area contributed by atoms with Crippen molar-refractivity contribution in [1.82, 2.24) is 0 Å². The molecule has 0 aromatic heterocycles. The molecule has 1 heterocycles. The van der Waals surface area contributed by atoms with Gasteiger partial charge in [0.25, 0.3) is 0 Å². The second-order valence-corrected chi connectivity index (χ2v) is 6.95. The lowest BCUT2D eigenvalue weighted by molar-refractivity contribution is 0.198. The third-order valence-electron chi connectivity index (χ3n) is 3.04. The van der Waals surface area contributed by atoms with Crippen molar-refractivity contribution >= 4 is 23.4 Å². The summed E-state index contributed by atoms with van der Waals surface area (Å²) in [7, 11) is 0. The van der Waals surface area contributed by atoms with E-state index in [4.69, 9.17) is 16.3 Å². The van der Waals surface area contributed by atoms with E-state index in [1.807, 2.05) is 12.1 Å². The molecule has 1 aliphatic heterocycles. The molecule has 0 saturated heterocycles.